The number of anilines is 2. The first-order valence-electron chi connectivity index (χ1n) is 10.1. The van der Waals surface area contributed by atoms with Crippen LogP contribution >= 0.6 is 0 Å². The Morgan fingerprint density at radius 2 is 1.63 bits per heavy atom. The minimum Gasteiger partial charge on any atom is -0.377 e. The minimum atomic E-state index is -4.68. The second-order valence-corrected chi connectivity index (χ2v) is 7.58. The molecule has 0 unspecified atom stereocenters. The molecule has 0 aliphatic rings. The largest absolute Gasteiger partial charge is 0.418 e. The van der Waals surface area contributed by atoms with Gasteiger partial charge in [-0.1, -0.05) is 0 Å². The monoisotopic (exact) mass is 493 g/mol. The molecule has 0 bridgehead atoms. The molecule has 182 valence electrons. The molecule has 0 radical (unpaired) electrons. The van der Waals surface area contributed by atoms with Crippen LogP contribution < -0.4 is 5.32 Å². The van der Waals surface area contributed by atoms with Gasteiger partial charge in [0.25, 0.3) is 0 Å². The van der Waals surface area contributed by atoms with E-state index in [2.05, 4.69) is 25.3 Å². The van der Waals surface area contributed by atoms with Gasteiger partial charge >= 0.3 is 6.18 Å². The third-order valence-corrected chi connectivity index (χ3v) is 5.33. The summed E-state index contributed by atoms with van der Waals surface area (Å²) in [7, 11) is 1.35. The number of halogens is 6. The molecule has 0 amide bonds. The summed E-state index contributed by atoms with van der Waals surface area (Å²) in [4.78, 5) is 16.4. The number of alkyl halides is 3. The zero-order chi connectivity index (χ0) is 25.5. The van der Waals surface area contributed by atoms with Crippen molar-refractivity contribution in [2.24, 2.45) is 0 Å². The lowest BCUT2D eigenvalue weighted by Crippen LogP contribution is -2.10. The molecule has 0 aliphatic heterocycles. The highest BCUT2D eigenvalue weighted by molar-refractivity contribution is 5.90. The van der Waals surface area contributed by atoms with Crippen LogP contribution in [0.15, 0.2) is 30.5 Å². The highest BCUT2D eigenvalue weighted by Crippen LogP contribution is 2.36. The van der Waals surface area contributed by atoms with E-state index >= 15 is 0 Å². The number of ether oxygens (including phenoxy) is 1. The van der Waals surface area contributed by atoms with E-state index in [1.165, 1.54) is 39.3 Å². The molecule has 1 aromatic carbocycles. The van der Waals surface area contributed by atoms with E-state index in [0.29, 0.717) is 0 Å². The molecule has 6 nitrogen and oxygen atoms in total. The van der Waals surface area contributed by atoms with Gasteiger partial charge in [-0.15, -0.1) is 0 Å². The van der Waals surface area contributed by atoms with E-state index in [1.54, 1.807) is 0 Å². The van der Waals surface area contributed by atoms with Crippen molar-refractivity contribution < 1.29 is 31.1 Å². The SMILES string of the molecule is COCc1nc(Nc2c(F)c(C)c(C)c(F)c2F)c2ccc(-c3ncccc3C(F)(F)F)nc2n1. The van der Waals surface area contributed by atoms with Crippen LogP contribution in [0.5, 0.6) is 0 Å². The predicted octanol–water partition coefficient (Wildman–Crippen LogP) is 6.03. The van der Waals surface area contributed by atoms with Crippen LogP contribution in [0, 0.1) is 31.3 Å². The standard InChI is InChI=1S/C23H17F6N5O/c1-10-11(2)17(25)20(18(26)16(10)24)34-22-12-6-7-14(31-21(12)32-15(33-22)9-35-3)19-13(23(27,28)29)5-4-8-30-19/h4-8H,9H2,1-3H3,(H,31,32,33,34). The number of aromatic nitrogens is 4. The summed E-state index contributed by atoms with van der Waals surface area (Å²) in [5, 5.41) is 2.57. The molecule has 4 aromatic rings. The first kappa shape index (κ1) is 24.3. The van der Waals surface area contributed by atoms with Crippen molar-refractivity contribution >= 4 is 22.5 Å². The van der Waals surface area contributed by atoms with Gasteiger partial charge in [-0.25, -0.2) is 28.1 Å². The Morgan fingerprint density at radius 1 is 0.914 bits per heavy atom. The van der Waals surface area contributed by atoms with Gasteiger partial charge in [0, 0.05) is 13.3 Å². The van der Waals surface area contributed by atoms with E-state index < -0.39 is 40.6 Å². The number of hydrogen-bond donors (Lipinski definition) is 1. The Labute approximate surface area is 195 Å². The number of pyridine rings is 2. The molecular weight excluding hydrogens is 476 g/mol. The van der Waals surface area contributed by atoms with E-state index in [0.717, 1.165) is 12.1 Å². The molecule has 0 fully saturated rings. The number of methoxy groups -OCH3 is 1. The van der Waals surface area contributed by atoms with Gasteiger partial charge in [0.1, 0.15) is 23.8 Å². The van der Waals surface area contributed by atoms with Crippen molar-refractivity contribution in [2.45, 2.75) is 26.6 Å². The van der Waals surface area contributed by atoms with Gasteiger partial charge in [0.2, 0.25) is 0 Å². The van der Waals surface area contributed by atoms with E-state index in [9.17, 15) is 26.3 Å². The fraction of sp³-hybridized carbons (Fsp3) is 0.217. The average molecular weight is 493 g/mol. The lowest BCUT2D eigenvalue weighted by Gasteiger charge is -2.15. The van der Waals surface area contributed by atoms with E-state index in [4.69, 9.17) is 4.74 Å². The fourth-order valence-electron chi connectivity index (χ4n) is 3.43. The second kappa shape index (κ2) is 9.10. The maximum atomic E-state index is 14.8. The Balaban J connectivity index is 1.90. The summed E-state index contributed by atoms with van der Waals surface area (Å²) < 4.78 is 89.1. The highest BCUT2D eigenvalue weighted by atomic mass is 19.4. The van der Waals surface area contributed by atoms with Crippen LogP contribution in [0.4, 0.5) is 37.8 Å². The normalized spacial score (nSPS) is 11.8. The Hall–Kier alpha value is -3.80. The summed E-state index contributed by atoms with van der Waals surface area (Å²) in [6.45, 7) is 2.40. The van der Waals surface area contributed by atoms with Gasteiger partial charge in [0.05, 0.1) is 16.6 Å². The number of rotatable bonds is 5. The molecule has 35 heavy (non-hydrogen) atoms. The van der Waals surface area contributed by atoms with Crippen LogP contribution in [-0.4, -0.2) is 27.0 Å². The Morgan fingerprint density at radius 3 is 2.31 bits per heavy atom. The number of hydrogen-bond acceptors (Lipinski definition) is 6. The molecule has 4 rings (SSSR count). The van der Waals surface area contributed by atoms with Crippen molar-refractivity contribution in [1.29, 1.82) is 0 Å². The fourth-order valence-corrected chi connectivity index (χ4v) is 3.43. The first-order chi connectivity index (χ1) is 16.5. The third-order valence-electron chi connectivity index (χ3n) is 5.33. The molecule has 12 heteroatoms. The summed E-state index contributed by atoms with van der Waals surface area (Å²) in [6, 6.07) is 4.61. The molecule has 0 spiro atoms. The maximum Gasteiger partial charge on any atom is 0.418 e. The highest BCUT2D eigenvalue weighted by Gasteiger charge is 2.34. The number of fused-ring (bicyclic) bond motifs is 1. The average Bonchev–Trinajstić information content (AvgIpc) is 2.83. The molecule has 1 N–H and O–H groups in total. The lowest BCUT2D eigenvalue weighted by atomic mass is 10.1. The van der Waals surface area contributed by atoms with Crippen LogP contribution in [0.1, 0.15) is 22.5 Å². The van der Waals surface area contributed by atoms with Crippen LogP contribution in [0.3, 0.4) is 0 Å². The minimum absolute atomic E-state index is 0.0225. The van der Waals surface area contributed by atoms with Crippen molar-refractivity contribution in [1.82, 2.24) is 19.9 Å². The van der Waals surface area contributed by atoms with Gasteiger partial charge in [0.15, 0.2) is 28.9 Å². The van der Waals surface area contributed by atoms with Crippen molar-refractivity contribution in [3.63, 3.8) is 0 Å². The second-order valence-electron chi connectivity index (χ2n) is 7.58. The van der Waals surface area contributed by atoms with E-state index in [-0.39, 0.29) is 46.1 Å². The number of nitrogens with one attached hydrogen (secondary N) is 1. The number of benzene rings is 1. The Kier molecular flexibility index (Phi) is 6.32. The molecule has 0 atom stereocenters. The molecule has 3 heterocycles. The predicted molar refractivity (Wildman–Crippen MR) is 115 cm³/mol. The summed E-state index contributed by atoms with van der Waals surface area (Å²) in [6.07, 6.45) is -3.48. The van der Waals surface area contributed by atoms with Gasteiger partial charge < -0.3 is 10.1 Å². The molecule has 0 saturated carbocycles. The zero-order valence-corrected chi connectivity index (χ0v) is 18.6. The topological polar surface area (TPSA) is 72.8 Å². The van der Waals surface area contributed by atoms with Gasteiger partial charge in [-0.3, -0.25) is 4.98 Å². The summed E-state index contributed by atoms with van der Waals surface area (Å²) in [5.74, 6) is -3.81. The molecule has 0 saturated heterocycles. The third kappa shape index (κ3) is 4.48. The summed E-state index contributed by atoms with van der Waals surface area (Å²) in [5.41, 5.74) is -2.69. The quantitative estimate of drug-likeness (QED) is 0.270. The molecule has 3 aromatic heterocycles. The maximum absolute atomic E-state index is 14.8. The first-order valence-corrected chi connectivity index (χ1v) is 10.1. The van der Waals surface area contributed by atoms with Crippen molar-refractivity contribution in [2.75, 3.05) is 12.4 Å². The zero-order valence-electron chi connectivity index (χ0n) is 18.6. The Bertz CT molecular complexity index is 1410. The van der Waals surface area contributed by atoms with Crippen LogP contribution in [-0.2, 0) is 17.5 Å². The van der Waals surface area contributed by atoms with Crippen LogP contribution in [0.2, 0.25) is 0 Å². The van der Waals surface area contributed by atoms with Gasteiger partial charge in [-0.05, 0) is 49.2 Å². The number of nitrogens with zero attached hydrogens (tertiary/aromatic N) is 4. The van der Waals surface area contributed by atoms with Crippen molar-refractivity contribution in [3.8, 4) is 11.4 Å². The molecule has 0 aliphatic carbocycles. The lowest BCUT2D eigenvalue weighted by molar-refractivity contribution is -0.137. The van der Waals surface area contributed by atoms with Crippen molar-refractivity contribution in [3.05, 3.63) is 70.4 Å². The smallest absolute Gasteiger partial charge is 0.377 e. The molecular formula is C23H17F6N5O. The van der Waals surface area contributed by atoms with Crippen LogP contribution in [0.25, 0.3) is 22.4 Å². The van der Waals surface area contributed by atoms with Gasteiger partial charge in [-0.2, -0.15) is 13.2 Å². The van der Waals surface area contributed by atoms with E-state index in [1.807, 2.05) is 0 Å². The summed E-state index contributed by atoms with van der Waals surface area (Å²) >= 11 is 0.